The molecule has 1 amide bonds. The highest BCUT2D eigenvalue weighted by molar-refractivity contribution is 5.98. The standard InChI is InChI=1S/C11H12N2O3/c1-7-3-2-4-9(10(7)13(15)16)11(14)12-8-5-6-8/h2-4,8H,5-6H2,1H3,(H,12,14). The molecule has 84 valence electrons. The zero-order valence-electron chi connectivity index (χ0n) is 8.90. The Hall–Kier alpha value is -1.91. The number of rotatable bonds is 3. The minimum Gasteiger partial charge on any atom is -0.349 e. The van der Waals surface area contributed by atoms with Gasteiger partial charge in [0.25, 0.3) is 11.6 Å². The van der Waals surface area contributed by atoms with Crippen LogP contribution in [-0.2, 0) is 0 Å². The first-order valence-electron chi connectivity index (χ1n) is 5.14. The van der Waals surface area contributed by atoms with Crippen molar-refractivity contribution in [3.05, 3.63) is 39.4 Å². The lowest BCUT2D eigenvalue weighted by molar-refractivity contribution is -0.385. The normalized spacial score (nSPS) is 14.6. The number of nitro benzene ring substituents is 1. The van der Waals surface area contributed by atoms with E-state index in [4.69, 9.17) is 0 Å². The van der Waals surface area contributed by atoms with Crippen LogP contribution in [0.1, 0.15) is 28.8 Å². The minimum atomic E-state index is -0.503. The molecule has 0 heterocycles. The molecule has 1 aliphatic carbocycles. The summed E-state index contributed by atoms with van der Waals surface area (Å²) in [4.78, 5) is 22.1. The maximum Gasteiger partial charge on any atom is 0.285 e. The molecular weight excluding hydrogens is 208 g/mol. The summed E-state index contributed by atoms with van der Waals surface area (Å²) in [5.41, 5.74) is 0.561. The van der Waals surface area contributed by atoms with E-state index in [1.54, 1.807) is 19.1 Å². The number of amides is 1. The molecule has 0 atom stereocenters. The molecule has 2 rings (SSSR count). The number of para-hydroxylation sites is 1. The number of carbonyl (C=O) groups excluding carboxylic acids is 1. The van der Waals surface area contributed by atoms with E-state index in [9.17, 15) is 14.9 Å². The summed E-state index contributed by atoms with van der Waals surface area (Å²) in [7, 11) is 0. The van der Waals surface area contributed by atoms with Crippen LogP contribution in [0.3, 0.4) is 0 Å². The topological polar surface area (TPSA) is 72.2 Å². The van der Waals surface area contributed by atoms with Gasteiger partial charge in [0, 0.05) is 11.6 Å². The van der Waals surface area contributed by atoms with E-state index in [-0.39, 0.29) is 23.2 Å². The Morgan fingerprint density at radius 2 is 2.19 bits per heavy atom. The SMILES string of the molecule is Cc1cccc(C(=O)NC2CC2)c1[N+](=O)[O-]. The number of hydrogen-bond donors (Lipinski definition) is 1. The van der Waals surface area contributed by atoms with Crippen molar-refractivity contribution in [3.63, 3.8) is 0 Å². The summed E-state index contributed by atoms with van der Waals surface area (Å²) in [5, 5.41) is 13.6. The van der Waals surface area contributed by atoms with Gasteiger partial charge < -0.3 is 5.32 Å². The Balaban J connectivity index is 2.34. The number of hydrogen-bond acceptors (Lipinski definition) is 3. The highest BCUT2D eigenvalue weighted by Crippen LogP contribution is 2.25. The van der Waals surface area contributed by atoms with E-state index in [1.807, 2.05) is 0 Å². The molecule has 0 bridgehead atoms. The van der Waals surface area contributed by atoms with Crippen molar-refractivity contribution >= 4 is 11.6 Å². The van der Waals surface area contributed by atoms with E-state index < -0.39 is 4.92 Å². The molecule has 0 aromatic heterocycles. The Labute approximate surface area is 92.6 Å². The number of nitrogens with zero attached hydrogens (tertiary/aromatic N) is 1. The van der Waals surface area contributed by atoms with Crippen LogP contribution in [0.4, 0.5) is 5.69 Å². The molecule has 0 spiro atoms. The summed E-state index contributed by atoms with van der Waals surface area (Å²) < 4.78 is 0. The average molecular weight is 220 g/mol. The van der Waals surface area contributed by atoms with Crippen LogP contribution in [0.5, 0.6) is 0 Å². The van der Waals surface area contributed by atoms with Gasteiger partial charge in [-0.1, -0.05) is 12.1 Å². The molecule has 16 heavy (non-hydrogen) atoms. The number of benzene rings is 1. The third kappa shape index (κ3) is 2.03. The van der Waals surface area contributed by atoms with Crippen LogP contribution in [0.15, 0.2) is 18.2 Å². The second-order valence-electron chi connectivity index (χ2n) is 3.98. The monoisotopic (exact) mass is 220 g/mol. The van der Waals surface area contributed by atoms with Gasteiger partial charge in [-0.2, -0.15) is 0 Å². The highest BCUT2D eigenvalue weighted by Gasteiger charge is 2.28. The van der Waals surface area contributed by atoms with Gasteiger partial charge >= 0.3 is 0 Å². The molecule has 1 fully saturated rings. The van der Waals surface area contributed by atoms with Gasteiger partial charge in [0.2, 0.25) is 0 Å². The quantitative estimate of drug-likeness (QED) is 0.623. The predicted molar refractivity (Wildman–Crippen MR) is 58.3 cm³/mol. The zero-order valence-corrected chi connectivity index (χ0v) is 8.90. The Bertz CT molecular complexity index is 453. The highest BCUT2D eigenvalue weighted by atomic mass is 16.6. The van der Waals surface area contributed by atoms with Crippen LogP contribution in [0, 0.1) is 17.0 Å². The summed E-state index contributed by atoms with van der Waals surface area (Å²) in [6.45, 7) is 1.63. The Morgan fingerprint density at radius 3 is 2.75 bits per heavy atom. The van der Waals surface area contributed by atoms with Crippen LogP contribution in [0.2, 0.25) is 0 Å². The summed E-state index contributed by atoms with van der Waals surface area (Å²) in [5.74, 6) is -0.349. The van der Waals surface area contributed by atoms with E-state index in [2.05, 4.69) is 5.32 Å². The van der Waals surface area contributed by atoms with Crippen molar-refractivity contribution in [1.82, 2.24) is 5.32 Å². The molecule has 1 aromatic rings. The number of carbonyl (C=O) groups is 1. The molecule has 1 saturated carbocycles. The largest absolute Gasteiger partial charge is 0.349 e. The second kappa shape index (κ2) is 3.92. The maximum absolute atomic E-state index is 11.8. The van der Waals surface area contributed by atoms with Gasteiger partial charge in [0.15, 0.2) is 0 Å². The van der Waals surface area contributed by atoms with E-state index in [1.165, 1.54) is 6.07 Å². The smallest absolute Gasteiger partial charge is 0.285 e. The molecular formula is C11H12N2O3. The van der Waals surface area contributed by atoms with Gasteiger partial charge in [0.1, 0.15) is 5.56 Å². The third-order valence-electron chi connectivity index (χ3n) is 2.58. The summed E-state index contributed by atoms with van der Waals surface area (Å²) >= 11 is 0. The van der Waals surface area contributed by atoms with Gasteiger partial charge in [0.05, 0.1) is 4.92 Å². The van der Waals surface area contributed by atoms with Crippen molar-refractivity contribution in [1.29, 1.82) is 0 Å². The summed E-state index contributed by atoms with van der Waals surface area (Å²) in [6.07, 6.45) is 1.93. The fraction of sp³-hybridized carbons (Fsp3) is 0.364. The van der Waals surface area contributed by atoms with Crippen molar-refractivity contribution in [2.24, 2.45) is 0 Å². The second-order valence-corrected chi connectivity index (χ2v) is 3.98. The lowest BCUT2D eigenvalue weighted by atomic mass is 10.1. The predicted octanol–water partition coefficient (Wildman–Crippen LogP) is 1.80. The van der Waals surface area contributed by atoms with Crippen molar-refractivity contribution < 1.29 is 9.72 Å². The molecule has 1 aromatic carbocycles. The van der Waals surface area contributed by atoms with Gasteiger partial charge in [-0.15, -0.1) is 0 Å². The van der Waals surface area contributed by atoms with E-state index in [0.717, 1.165) is 12.8 Å². The van der Waals surface area contributed by atoms with Crippen LogP contribution < -0.4 is 5.32 Å². The third-order valence-corrected chi connectivity index (χ3v) is 2.58. The van der Waals surface area contributed by atoms with Crippen LogP contribution in [0.25, 0.3) is 0 Å². The first kappa shape index (κ1) is 10.6. The van der Waals surface area contributed by atoms with E-state index in [0.29, 0.717) is 5.56 Å². The van der Waals surface area contributed by atoms with Gasteiger partial charge in [-0.25, -0.2) is 0 Å². The molecule has 0 aliphatic heterocycles. The number of nitro groups is 1. The van der Waals surface area contributed by atoms with Gasteiger partial charge in [-0.05, 0) is 25.8 Å². The van der Waals surface area contributed by atoms with E-state index >= 15 is 0 Å². The van der Waals surface area contributed by atoms with Crippen molar-refractivity contribution in [3.8, 4) is 0 Å². The lowest BCUT2D eigenvalue weighted by Crippen LogP contribution is -2.26. The number of aryl methyl sites for hydroxylation is 1. The number of nitrogens with one attached hydrogen (secondary N) is 1. The molecule has 0 radical (unpaired) electrons. The van der Waals surface area contributed by atoms with Gasteiger partial charge in [-0.3, -0.25) is 14.9 Å². The minimum absolute atomic E-state index is 0.0966. The summed E-state index contributed by atoms with van der Waals surface area (Å²) in [6, 6.07) is 4.98. The molecule has 5 nitrogen and oxygen atoms in total. The molecule has 1 aliphatic rings. The van der Waals surface area contributed by atoms with Crippen molar-refractivity contribution in [2.75, 3.05) is 0 Å². The first-order chi connectivity index (χ1) is 7.59. The maximum atomic E-state index is 11.8. The fourth-order valence-electron chi connectivity index (χ4n) is 1.58. The molecule has 5 heteroatoms. The Kier molecular flexibility index (Phi) is 2.60. The molecule has 0 saturated heterocycles. The zero-order chi connectivity index (χ0) is 11.7. The first-order valence-corrected chi connectivity index (χ1v) is 5.14. The Morgan fingerprint density at radius 1 is 1.50 bits per heavy atom. The lowest BCUT2D eigenvalue weighted by Gasteiger charge is -2.05. The molecule has 0 unspecified atom stereocenters. The molecule has 1 N–H and O–H groups in total. The van der Waals surface area contributed by atoms with Crippen LogP contribution in [-0.4, -0.2) is 16.9 Å². The van der Waals surface area contributed by atoms with Crippen LogP contribution >= 0.6 is 0 Å². The van der Waals surface area contributed by atoms with Crippen molar-refractivity contribution in [2.45, 2.75) is 25.8 Å². The average Bonchev–Trinajstić information content (AvgIpc) is 3.00. The fourth-order valence-corrected chi connectivity index (χ4v) is 1.58.